The third-order valence-corrected chi connectivity index (χ3v) is 2.52. The Morgan fingerprint density at radius 1 is 1.29 bits per heavy atom. The van der Waals surface area contributed by atoms with Gasteiger partial charge in [-0.3, -0.25) is 4.72 Å². The van der Waals surface area contributed by atoms with Crippen LogP contribution in [0.15, 0.2) is 12.1 Å². The highest BCUT2D eigenvalue weighted by molar-refractivity contribution is 7.92. The van der Waals surface area contributed by atoms with E-state index in [1.807, 2.05) is 0 Å². The maximum absolute atomic E-state index is 11.0. The zero-order valence-electron chi connectivity index (χ0n) is 8.33. The SMILES string of the molecule is Cc1ccc(NS(C)(=O)=O)c(C)c1O. The molecule has 78 valence electrons. The van der Waals surface area contributed by atoms with E-state index in [1.54, 1.807) is 26.0 Å². The van der Waals surface area contributed by atoms with E-state index in [0.717, 1.165) is 11.8 Å². The summed E-state index contributed by atoms with van der Waals surface area (Å²) in [5, 5.41) is 9.55. The monoisotopic (exact) mass is 215 g/mol. The first-order chi connectivity index (χ1) is 6.31. The third-order valence-electron chi connectivity index (χ3n) is 1.93. The average molecular weight is 215 g/mol. The van der Waals surface area contributed by atoms with E-state index in [4.69, 9.17) is 0 Å². The summed E-state index contributed by atoms with van der Waals surface area (Å²) in [4.78, 5) is 0. The Bertz CT molecular complexity index is 451. The lowest BCUT2D eigenvalue weighted by Crippen LogP contribution is -2.10. The fraction of sp³-hybridized carbons (Fsp3) is 0.333. The van der Waals surface area contributed by atoms with Crippen LogP contribution in [0.25, 0.3) is 0 Å². The molecule has 0 amide bonds. The lowest BCUT2D eigenvalue weighted by atomic mass is 10.1. The van der Waals surface area contributed by atoms with Crippen molar-refractivity contribution in [2.24, 2.45) is 0 Å². The largest absolute Gasteiger partial charge is 0.507 e. The molecule has 4 nitrogen and oxygen atoms in total. The van der Waals surface area contributed by atoms with E-state index in [-0.39, 0.29) is 5.75 Å². The molecule has 14 heavy (non-hydrogen) atoms. The summed E-state index contributed by atoms with van der Waals surface area (Å²) >= 11 is 0. The van der Waals surface area contributed by atoms with Gasteiger partial charge in [0.25, 0.3) is 0 Å². The first-order valence-electron chi connectivity index (χ1n) is 4.08. The molecule has 1 rings (SSSR count). The number of sulfonamides is 1. The number of phenols is 1. The molecule has 0 heterocycles. The zero-order valence-corrected chi connectivity index (χ0v) is 9.14. The molecule has 0 atom stereocenters. The Morgan fingerprint density at radius 3 is 2.36 bits per heavy atom. The first kappa shape index (κ1) is 10.8. The lowest BCUT2D eigenvalue weighted by Gasteiger charge is -2.10. The molecule has 0 aliphatic heterocycles. The van der Waals surface area contributed by atoms with Gasteiger partial charge in [0, 0.05) is 5.56 Å². The van der Waals surface area contributed by atoms with E-state index >= 15 is 0 Å². The topological polar surface area (TPSA) is 66.4 Å². The van der Waals surface area contributed by atoms with Gasteiger partial charge in [0.2, 0.25) is 10.0 Å². The number of aryl methyl sites for hydroxylation is 1. The minimum Gasteiger partial charge on any atom is -0.507 e. The van der Waals surface area contributed by atoms with E-state index in [1.165, 1.54) is 0 Å². The number of anilines is 1. The summed E-state index contributed by atoms with van der Waals surface area (Å²) in [6.45, 7) is 3.42. The van der Waals surface area contributed by atoms with Crippen molar-refractivity contribution in [1.29, 1.82) is 0 Å². The fourth-order valence-electron chi connectivity index (χ4n) is 1.15. The van der Waals surface area contributed by atoms with Crippen molar-refractivity contribution in [3.63, 3.8) is 0 Å². The number of rotatable bonds is 2. The molecule has 0 radical (unpaired) electrons. The summed E-state index contributed by atoms with van der Waals surface area (Å²) in [7, 11) is -3.29. The highest BCUT2D eigenvalue weighted by Crippen LogP contribution is 2.28. The molecule has 0 saturated carbocycles. The van der Waals surface area contributed by atoms with Gasteiger partial charge in [-0.15, -0.1) is 0 Å². The molecule has 5 heteroatoms. The third kappa shape index (κ3) is 2.38. The van der Waals surface area contributed by atoms with Gasteiger partial charge in [-0.2, -0.15) is 0 Å². The highest BCUT2D eigenvalue weighted by atomic mass is 32.2. The smallest absolute Gasteiger partial charge is 0.229 e. The molecule has 0 aliphatic rings. The number of phenolic OH excluding ortho intramolecular Hbond substituents is 1. The van der Waals surface area contributed by atoms with Crippen molar-refractivity contribution >= 4 is 15.7 Å². The Hall–Kier alpha value is -1.23. The predicted octanol–water partition coefficient (Wildman–Crippen LogP) is 1.38. The van der Waals surface area contributed by atoms with Gasteiger partial charge in [-0.25, -0.2) is 8.42 Å². The van der Waals surface area contributed by atoms with Crippen LogP contribution in [0.4, 0.5) is 5.69 Å². The van der Waals surface area contributed by atoms with Crippen LogP contribution in [-0.2, 0) is 10.0 Å². The van der Waals surface area contributed by atoms with Crippen LogP contribution >= 0.6 is 0 Å². The molecular formula is C9H13NO3S. The zero-order chi connectivity index (χ0) is 10.9. The van der Waals surface area contributed by atoms with E-state index in [9.17, 15) is 13.5 Å². The average Bonchev–Trinajstić information content (AvgIpc) is 2.04. The van der Waals surface area contributed by atoms with Crippen LogP contribution in [0.3, 0.4) is 0 Å². The summed E-state index contributed by atoms with van der Waals surface area (Å²) in [6.07, 6.45) is 1.07. The molecule has 1 aromatic carbocycles. The quantitative estimate of drug-likeness (QED) is 0.783. The van der Waals surface area contributed by atoms with Gasteiger partial charge in [0.05, 0.1) is 11.9 Å². The van der Waals surface area contributed by atoms with E-state index in [0.29, 0.717) is 11.3 Å². The predicted molar refractivity (Wildman–Crippen MR) is 56.0 cm³/mol. The first-order valence-corrected chi connectivity index (χ1v) is 5.97. The summed E-state index contributed by atoms with van der Waals surface area (Å²) in [6, 6.07) is 3.29. The van der Waals surface area contributed by atoms with Crippen LogP contribution in [-0.4, -0.2) is 19.8 Å². The second kappa shape index (κ2) is 3.49. The summed E-state index contributed by atoms with van der Waals surface area (Å²) in [5.41, 5.74) is 1.67. The van der Waals surface area contributed by atoms with Crippen LogP contribution in [0.5, 0.6) is 5.75 Å². The summed E-state index contributed by atoms with van der Waals surface area (Å²) < 4.78 is 24.2. The minimum absolute atomic E-state index is 0.124. The maximum atomic E-state index is 11.0. The standard InChI is InChI=1S/C9H13NO3S/c1-6-4-5-8(7(2)9(6)11)10-14(3,12)13/h4-5,10-11H,1-3H3. The van der Waals surface area contributed by atoms with Crippen LogP contribution in [0.2, 0.25) is 0 Å². The van der Waals surface area contributed by atoms with Crippen molar-refractivity contribution in [2.45, 2.75) is 13.8 Å². The van der Waals surface area contributed by atoms with Gasteiger partial charge in [0.15, 0.2) is 0 Å². The molecule has 1 aromatic rings. The lowest BCUT2D eigenvalue weighted by molar-refractivity contribution is 0.467. The van der Waals surface area contributed by atoms with Gasteiger partial charge < -0.3 is 5.11 Å². The minimum atomic E-state index is -3.29. The maximum Gasteiger partial charge on any atom is 0.229 e. The Balaban J connectivity index is 3.19. The van der Waals surface area contributed by atoms with Gasteiger partial charge in [-0.05, 0) is 25.5 Å². The summed E-state index contributed by atoms with van der Waals surface area (Å²) in [5.74, 6) is 0.124. The van der Waals surface area contributed by atoms with Crippen molar-refractivity contribution in [3.8, 4) is 5.75 Å². The number of benzene rings is 1. The molecule has 0 spiro atoms. The fourth-order valence-corrected chi connectivity index (χ4v) is 1.77. The van der Waals surface area contributed by atoms with Crippen LogP contribution < -0.4 is 4.72 Å². The van der Waals surface area contributed by atoms with Crippen LogP contribution in [0.1, 0.15) is 11.1 Å². The highest BCUT2D eigenvalue weighted by Gasteiger charge is 2.09. The number of hydrogen-bond acceptors (Lipinski definition) is 3. The molecule has 0 aliphatic carbocycles. The molecule has 0 bridgehead atoms. The Kier molecular flexibility index (Phi) is 2.71. The van der Waals surface area contributed by atoms with E-state index in [2.05, 4.69) is 4.72 Å². The van der Waals surface area contributed by atoms with Crippen LogP contribution in [0, 0.1) is 13.8 Å². The molecule has 0 fully saturated rings. The number of nitrogens with one attached hydrogen (secondary N) is 1. The molecule has 0 saturated heterocycles. The van der Waals surface area contributed by atoms with Gasteiger partial charge in [0.1, 0.15) is 5.75 Å². The van der Waals surface area contributed by atoms with Gasteiger partial charge >= 0.3 is 0 Å². The van der Waals surface area contributed by atoms with Crippen molar-refractivity contribution in [3.05, 3.63) is 23.3 Å². The molecule has 0 unspecified atom stereocenters. The second-order valence-corrected chi connectivity index (χ2v) is 5.03. The van der Waals surface area contributed by atoms with Crippen molar-refractivity contribution < 1.29 is 13.5 Å². The Labute approximate surface area is 83.6 Å². The number of hydrogen-bond donors (Lipinski definition) is 2. The number of aromatic hydroxyl groups is 1. The van der Waals surface area contributed by atoms with Crippen molar-refractivity contribution in [2.75, 3.05) is 11.0 Å². The van der Waals surface area contributed by atoms with Crippen molar-refractivity contribution in [1.82, 2.24) is 0 Å². The second-order valence-electron chi connectivity index (χ2n) is 3.28. The Morgan fingerprint density at radius 2 is 1.86 bits per heavy atom. The van der Waals surface area contributed by atoms with E-state index < -0.39 is 10.0 Å². The molecular weight excluding hydrogens is 202 g/mol. The molecule has 0 aromatic heterocycles. The normalized spacial score (nSPS) is 11.4. The molecule has 2 N–H and O–H groups in total. The van der Waals surface area contributed by atoms with Gasteiger partial charge in [-0.1, -0.05) is 6.07 Å².